The molecule has 0 bridgehead atoms. The minimum atomic E-state index is 0.0243. The van der Waals surface area contributed by atoms with Gasteiger partial charge in [0.1, 0.15) is 11.5 Å². The summed E-state index contributed by atoms with van der Waals surface area (Å²) in [4.78, 5) is 16.4. The summed E-state index contributed by atoms with van der Waals surface area (Å²) in [5, 5.41) is 7.09. The summed E-state index contributed by atoms with van der Waals surface area (Å²) in [6.45, 7) is 6.52. The molecule has 0 radical (unpaired) electrons. The van der Waals surface area contributed by atoms with Crippen LogP contribution in [0.2, 0.25) is 0 Å². The maximum atomic E-state index is 11.8. The largest absolute Gasteiger partial charge is 0.441 e. The third-order valence-corrected chi connectivity index (χ3v) is 3.77. The molecule has 0 aliphatic carbocycles. The number of anilines is 1. The predicted molar refractivity (Wildman–Crippen MR) is 96.1 cm³/mol. The molecule has 3 rings (SSSR count). The first-order chi connectivity index (χ1) is 12.0. The Bertz CT molecular complexity index is 833. The summed E-state index contributed by atoms with van der Waals surface area (Å²) >= 11 is 0. The van der Waals surface area contributed by atoms with Crippen molar-refractivity contribution in [3.05, 3.63) is 54.2 Å². The van der Waals surface area contributed by atoms with Crippen LogP contribution in [0.1, 0.15) is 31.7 Å². The van der Waals surface area contributed by atoms with Crippen LogP contribution >= 0.6 is 0 Å². The standard InChI is InChI=1S/C19H22N4O2/c1-13(2)11-18(24)21-16-7-5-15(6-8-16)19-22-17(14(3)25-19)12-23-10-4-9-20-23/h4-10,13H,11-12H2,1-3H3,(H,21,24). The quantitative estimate of drug-likeness (QED) is 0.740. The highest BCUT2D eigenvalue weighted by Gasteiger charge is 2.12. The van der Waals surface area contributed by atoms with Crippen LogP contribution in [0.4, 0.5) is 5.69 Å². The highest BCUT2D eigenvalue weighted by molar-refractivity contribution is 5.91. The van der Waals surface area contributed by atoms with Crippen molar-refractivity contribution in [3.63, 3.8) is 0 Å². The van der Waals surface area contributed by atoms with E-state index in [0.717, 1.165) is 22.7 Å². The van der Waals surface area contributed by atoms with E-state index in [2.05, 4.69) is 15.4 Å². The van der Waals surface area contributed by atoms with Crippen LogP contribution in [0.25, 0.3) is 11.5 Å². The van der Waals surface area contributed by atoms with Crippen LogP contribution < -0.4 is 5.32 Å². The van der Waals surface area contributed by atoms with Gasteiger partial charge in [0.25, 0.3) is 0 Å². The van der Waals surface area contributed by atoms with Gasteiger partial charge >= 0.3 is 0 Å². The number of amides is 1. The molecule has 130 valence electrons. The second kappa shape index (κ2) is 7.34. The SMILES string of the molecule is Cc1oc(-c2ccc(NC(=O)CC(C)C)cc2)nc1Cn1cccn1. The zero-order valence-electron chi connectivity index (χ0n) is 14.7. The lowest BCUT2D eigenvalue weighted by Crippen LogP contribution is -2.13. The van der Waals surface area contributed by atoms with Gasteiger partial charge in [-0.05, 0) is 43.2 Å². The van der Waals surface area contributed by atoms with E-state index in [4.69, 9.17) is 4.42 Å². The van der Waals surface area contributed by atoms with Gasteiger partial charge in [0.15, 0.2) is 0 Å². The molecule has 0 spiro atoms. The fourth-order valence-electron chi connectivity index (χ4n) is 2.52. The number of oxazole rings is 1. The molecule has 6 heteroatoms. The molecule has 0 fully saturated rings. The van der Waals surface area contributed by atoms with Gasteiger partial charge in [-0.25, -0.2) is 4.98 Å². The van der Waals surface area contributed by atoms with Gasteiger partial charge in [0.05, 0.1) is 6.54 Å². The summed E-state index contributed by atoms with van der Waals surface area (Å²) in [7, 11) is 0. The Morgan fingerprint density at radius 1 is 1.28 bits per heavy atom. The van der Waals surface area contributed by atoms with Crippen LogP contribution in [0.3, 0.4) is 0 Å². The summed E-state index contributed by atoms with van der Waals surface area (Å²) < 4.78 is 7.59. The number of aromatic nitrogens is 3. The second-order valence-corrected chi connectivity index (χ2v) is 6.45. The Hall–Kier alpha value is -2.89. The van der Waals surface area contributed by atoms with E-state index in [9.17, 15) is 4.79 Å². The van der Waals surface area contributed by atoms with Gasteiger partial charge in [-0.1, -0.05) is 13.8 Å². The Kier molecular flexibility index (Phi) is 4.97. The molecular formula is C19H22N4O2. The lowest BCUT2D eigenvalue weighted by atomic mass is 10.1. The Morgan fingerprint density at radius 2 is 2.04 bits per heavy atom. The lowest BCUT2D eigenvalue weighted by molar-refractivity contribution is -0.116. The molecule has 6 nitrogen and oxygen atoms in total. The Balaban J connectivity index is 1.71. The monoisotopic (exact) mass is 338 g/mol. The fraction of sp³-hybridized carbons (Fsp3) is 0.316. The maximum Gasteiger partial charge on any atom is 0.226 e. The molecule has 0 saturated heterocycles. The van der Waals surface area contributed by atoms with Crippen LogP contribution in [0, 0.1) is 12.8 Å². The highest BCUT2D eigenvalue weighted by atomic mass is 16.4. The molecule has 0 aliphatic rings. The summed E-state index contributed by atoms with van der Waals surface area (Å²) in [6, 6.07) is 9.39. The van der Waals surface area contributed by atoms with Gasteiger partial charge in [-0.15, -0.1) is 0 Å². The molecule has 1 amide bonds. The van der Waals surface area contributed by atoms with Crippen molar-refractivity contribution < 1.29 is 9.21 Å². The fourth-order valence-corrected chi connectivity index (χ4v) is 2.52. The first kappa shape index (κ1) is 17.0. The molecule has 0 unspecified atom stereocenters. The number of rotatable bonds is 6. The van der Waals surface area contributed by atoms with Crippen molar-refractivity contribution in [3.8, 4) is 11.5 Å². The average Bonchev–Trinajstić information content (AvgIpc) is 3.18. The third-order valence-electron chi connectivity index (χ3n) is 3.77. The maximum absolute atomic E-state index is 11.8. The average molecular weight is 338 g/mol. The van der Waals surface area contributed by atoms with Crippen molar-refractivity contribution in [2.24, 2.45) is 5.92 Å². The van der Waals surface area contributed by atoms with Gasteiger partial charge in [-0.2, -0.15) is 5.10 Å². The minimum absolute atomic E-state index is 0.0243. The van der Waals surface area contributed by atoms with Crippen molar-refractivity contribution >= 4 is 11.6 Å². The molecule has 2 aromatic heterocycles. The smallest absolute Gasteiger partial charge is 0.226 e. The Labute approximate surface area is 146 Å². The molecular weight excluding hydrogens is 316 g/mol. The van der Waals surface area contributed by atoms with E-state index in [1.807, 2.05) is 62.0 Å². The number of carbonyl (C=O) groups is 1. The minimum Gasteiger partial charge on any atom is -0.441 e. The van der Waals surface area contributed by atoms with Gasteiger partial charge in [0.2, 0.25) is 11.8 Å². The first-order valence-corrected chi connectivity index (χ1v) is 8.35. The van der Waals surface area contributed by atoms with Crippen molar-refractivity contribution in [1.29, 1.82) is 0 Å². The van der Waals surface area contributed by atoms with Crippen LogP contribution in [-0.2, 0) is 11.3 Å². The molecule has 2 heterocycles. The number of nitrogens with one attached hydrogen (secondary N) is 1. The topological polar surface area (TPSA) is 73.0 Å². The van der Waals surface area contributed by atoms with E-state index >= 15 is 0 Å². The summed E-state index contributed by atoms with van der Waals surface area (Å²) in [5.41, 5.74) is 2.50. The molecule has 0 aliphatic heterocycles. The number of benzene rings is 1. The number of hydrogen-bond donors (Lipinski definition) is 1. The Morgan fingerprint density at radius 3 is 2.68 bits per heavy atom. The molecule has 1 aromatic carbocycles. The zero-order valence-corrected chi connectivity index (χ0v) is 14.7. The summed E-state index contributed by atoms with van der Waals surface area (Å²) in [5.74, 6) is 1.71. The zero-order chi connectivity index (χ0) is 17.8. The predicted octanol–water partition coefficient (Wildman–Crippen LogP) is 3.88. The number of hydrogen-bond acceptors (Lipinski definition) is 4. The van der Waals surface area contributed by atoms with Crippen LogP contribution in [-0.4, -0.2) is 20.7 Å². The first-order valence-electron chi connectivity index (χ1n) is 8.35. The molecule has 0 saturated carbocycles. The van der Waals surface area contributed by atoms with E-state index in [-0.39, 0.29) is 5.91 Å². The molecule has 1 N–H and O–H groups in total. The van der Waals surface area contributed by atoms with E-state index < -0.39 is 0 Å². The van der Waals surface area contributed by atoms with Crippen LogP contribution in [0.15, 0.2) is 47.1 Å². The second-order valence-electron chi connectivity index (χ2n) is 6.45. The van der Waals surface area contributed by atoms with Gasteiger partial charge in [-0.3, -0.25) is 9.48 Å². The number of aryl methyl sites for hydroxylation is 1. The molecule has 0 atom stereocenters. The van der Waals surface area contributed by atoms with Crippen molar-refractivity contribution in [2.75, 3.05) is 5.32 Å². The van der Waals surface area contributed by atoms with E-state index in [1.54, 1.807) is 6.20 Å². The highest BCUT2D eigenvalue weighted by Crippen LogP contribution is 2.24. The third kappa shape index (κ3) is 4.35. The van der Waals surface area contributed by atoms with Crippen LogP contribution in [0.5, 0.6) is 0 Å². The van der Waals surface area contributed by atoms with Gasteiger partial charge < -0.3 is 9.73 Å². The normalized spacial score (nSPS) is 11.0. The number of carbonyl (C=O) groups excluding carboxylic acids is 1. The van der Waals surface area contributed by atoms with Crippen molar-refractivity contribution in [2.45, 2.75) is 33.7 Å². The van der Waals surface area contributed by atoms with E-state index in [0.29, 0.717) is 24.8 Å². The van der Waals surface area contributed by atoms with E-state index in [1.165, 1.54) is 0 Å². The molecule has 25 heavy (non-hydrogen) atoms. The summed E-state index contributed by atoms with van der Waals surface area (Å²) in [6.07, 6.45) is 4.14. The lowest BCUT2D eigenvalue weighted by Gasteiger charge is -2.07. The van der Waals surface area contributed by atoms with Gasteiger partial charge in [0, 0.05) is 30.1 Å². The number of nitrogens with zero attached hydrogens (tertiary/aromatic N) is 3. The molecule has 3 aromatic rings. The van der Waals surface area contributed by atoms with Crippen molar-refractivity contribution in [1.82, 2.24) is 14.8 Å².